The van der Waals surface area contributed by atoms with Crippen molar-refractivity contribution < 1.29 is 22.3 Å². The normalized spacial score (nSPS) is 11.9. The maximum atomic E-state index is 13.0. The van der Waals surface area contributed by atoms with E-state index in [-0.39, 0.29) is 29.0 Å². The average Bonchev–Trinajstić information content (AvgIpc) is 3.10. The van der Waals surface area contributed by atoms with Crippen molar-refractivity contribution in [3.05, 3.63) is 59.7 Å². The summed E-state index contributed by atoms with van der Waals surface area (Å²) in [5.74, 6) is 0.643. The molecular formula is C22H26FN3O4S2. The van der Waals surface area contributed by atoms with Crippen LogP contribution in [0, 0.1) is 5.82 Å². The molecule has 0 bridgehead atoms. The lowest BCUT2D eigenvalue weighted by Crippen LogP contribution is -2.22. The number of benzene rings is 2. The Bertz CT molecular complexity index is 1190. The van der Waals surface area contributed by atoms with Gasteiger partial charge in [0.15, 0.2) is 0 Å². The number of rotatable bonds is 10. The number of sulfonamides is 1. The van der Waals surface area contributed by atoms with Gasteiger partial charge in [0.2, 0.25) is 10.0 Å². The highest BCUT2D eigenvalue weighted by atomic mass is 32.2. The zero-order valence-corrected chi connectivity index (χ0v) is 19.9. The first-order chi connectivity index (χ1) is 15.2. The fourth-order valence-corrected chi connectivity index (χ4v) is 4.84. The second-order valence-corrected chi connectivity index (χ2v) is 10.5. The molecule has 0 aliphatic heterocycles. The fourth-order valence-electron chi connectivity index (χ4n) is 3.13. The van der Waals surface area contributed by atoms with E-state index in [1.807, 2.05) is 11.5 Å². The molecular weight excluding hydrogens is 453 g/mol. The molecule has 0 spiro atoms. The molecule has 0 aliphatic rings. The van der Waals surface area contributed by atoms with E-state index in [9.17, 15) is 17.6 Å². The molecule has 0 radical (unpaired) electrons. The Morgan fingerprint density at radius 3 is 2.56 bits per heavy atom. The molecule has 2 aromatic carbocycles. The van der Waals surface area contributed by atoms with Crippen LogP contribution < -0.4 is 0 Å². The van der Waals surface area contributed by atoms with Crippen molar-refractivity contribution in [1.82, 2.24) is 13.9 Å². The number of thioether (sulfide) groups is 1. The molecule has 0 saturated carbocycles. The molecule has 0 unspecified atom stereocenters. The topological polar surface area (TPSA) is 81.5 Å². The maximum Gasteiger partial charge on any atom is 0.316 e. The Kier molecular flexibility index (Phi) is 7.91. The van der Waals surface area contributed by atoms with E-state index in [4.69, 9.17) is 4.74 Å². The van der Waals surface area contributed by atoms with E-state index in [1.54, 1.807) is 30.3 Å². The molecule has 172 valence electrons. The number of imidazole rings is 1. The van der Waals surface area contributed by atoms with Gasteiger partial charge in [-0.25, -0.2) is 22.1 Å². The number of fused-ring (bicyclic) bond motifs is 1. The molecule has 7 nitrogen and oxygen atoms in total. The molecule has 0 N–H and O–H groups in total. The Morgan fingerprint density at radius 2 is 1.91 bits per heavy atom. The summed E-state index contributed by atoms with van der Waals surface area (Å²) in [7, 11) is -0.610. The number of aromatic nitrogens is 2. The fraction of sp³-hybridized carbons (Fsp3) is 0.364. The van der Waals surface area contributed by atoms with Gasteiger partial charge in [-0.2, -0.15) is 0 Å². The van der Waals surface area contributed by atoms with Gasteiger partial charge in [0.1, 0.15) is 18.2 Å². The van der Waals surface area contributed by atoms with Crippen molar-refractivity contribution in [2.24, 2.45) is 0 Å². The number of carbonyl (C=O) groups is 1. The van der Waals surface area contributed by atoms with Gasteiger partial charge in [-0.15, -0.1) is 11.8 Å². The van der Waals surface area contributed by atoms with Gasteiger partial charge in [-0.1, -0.05) is 19.1 Å². The molecule has 3 rings (SSSR count). The second kappa shape index (κ2) is 10.5. The number of hydrogen-bond donors (Lipinski definition) is 0. The molecule has 0 amide bonds. The summed E-state index contributed by atoms with van der Waals surface area (Å²) in [6.07, 6.45) is 0.845. The molecule has 32 heavy (non-hydrogen) atoms. The Balaban J connectivity index is 1.68. The van der Waals surface area contributed by atoms with E-state index in [0.717, 1.165) is 21.8 Å². The van der Waals surface area contributed by atoms with Crippen molar-refractivity contribution in [3.8, 4) is 0 Å². The Morgan fingerprint density at radius 1 is 1.19 bits per heavy atom. The van der Waals surface area contributed by atoms with E-state index < -0.39 is 10.0 Å². The first-order valence-corrected chi connectivity index (χ1v) is 12.7. The molecule has 0 fully saturated rings. The Hall–Kier alpha value is -2.43. The molecule has 1 heterocycles. The number of aryl methyl sites for hydroxylation is 1. The first kappa shape index (κ1) is 24.2. The summed E-state index contributed by atoms with van der Waals surface area (Å²) >= 11 is 1.39. The molecule has 3 aromatic rings. The lowest BCUT2D eigenvalue weighted by Gasteiger charge is -2.11. The lowest BCUT2D eigenvalue weighted by molar-refractivity contribution is -0.142. The number of carbonyl (C=O) groups excluding carboxylic acids is 1. The van der Waals surface area contributed by atoms with Crippen LogP contribution in [0.15, 0.2) is 47.4 Å². The van der Waals surface area contributed by atoms with Gasteiger partial charge in [0, 0.05) is 26.4 Å². The standard InChI is InChI=1S/C22H26FN3O4S2/c1-4-11-26-20-10-9-18(32(28,29)25(2)3)12-19(20)24-21(26)13-30-22(27)15-31-14-16-5-7-17(23)8-6-16/h5-10,12H,4,11,13-15H2,1-3H3. The number of hydrogen-bond acceptors (Lipinski definition) is 6. The predicted molar refractivity (Wildman–Crippen MR) is 123 cm³/mol. The van der Waals surface area contributed by atoms with Crippen LogP contribution in [0.25, 0.3) is 11.0 Å². The zero-order valence-electron chi connectivity index (χ0n) is 18.2. The van der Waals surface area contributed by atoms with Crippen LogP contribution in [0.2, 0.25) is 0 Å². The van der Waals surface area contributed by atoms with Gasteiger partial charge in [0.25, 0.3) is 0 Å². The van der Waals surface area contributed by atoms with Crippen LogP contribution in [-0.2, 0) is 38.5 Å². The van der Waals surface area contributed by atoms with Gasteiger partial charge < -0.3 is 9.30 Å². The molecule has 0 atom stereocenters. The van der Waals surface area contributed by atoms with Crippen molar-refractivity contribution in [3.63, 3.8) is 0 Å². The molecule has 10 heteroatoms. The summed E-state index contributed by atoms with van der Waals surface area (Å²) in [5.41, 5.74) is 2.26. The summed E-state index contributed by atoms with van der Waals surface area (Å²) in [4.78, 5) is 16.9. The number of halogens is 1. The van der Waals surface area contributed by atoms with E-state index in [0.29, 0.717) is 23.6 Å². The van der Waals surface area contributed by atoms with Gasteiger partial charge >= 0.3 is 5.97 Å². The van der Waals surface area contributed by atoms with Crippen molar-refractivity contribution in [2.45, 2.75) is 37.1 Å². The third kappa shape index (κ3) is 5.67. The summed E-state index contributed by atoms with van der Waals surface area (Å²) in [6, 6.07) is 11.0. The van der Waals surface area contributed by atoms with Crippen LogP contribution in [0.5, 0.6) is 0 Å². The third-order valence-electron chi connectivity index (χ3n) is 4.79. The van der Waals surface area contributed by atoms with E-state index >= 15 is 0 Å². The molecule has 0 saturated heterocycles. The van der Waals surface area contributed by atoms with Crippen LogP contribution >= 0.6 is 11.8 Å². The van der Waals surface area contributed by atoms with Gasteiger partial charge in [-0.05, 0) is 42.3 Å². The molecule has 0 aliphatic carbocycles. The predicted octanol–water partition coefficient (Wildman–Crippen LogP) is 3.81. The zero-order chi connectivity index (χ0) is 23.3. The maximum absolute atomic E-state index is 13.0. The van der Waals surface area contributed by atoms with Crippen molar-refractivity contribution in [2.75, 3.05) is 19.8 Å². The monoisotopic (exact) mass is 479 g/mol. The highest BCUT2D eigenvalue weighted by molar-refractivity contribution is 7.99. The minimum absolute atomic E-state index is 0.000382. The van der Waals surface area contributed by atoms with Gasteiger partial charge in [-0.3, -0.25) is 4.79 Å². The largest absolute Gasteiger partial charge is 0.457 e. The van der Waals surface area contributed by atoms with Crippen LogP contribution in [0.3, 0.4) is 0 Å². The minimum atomic E-state index is -3.57. The summed E-state index contributed by atoms with van der Waals surface area (Å²) < 4.78 is 46.3. The van der Waals surface area contributed by atoms with Crippen molar-refractivity contribution >= 4 is 38.8 Å². The van der Waals surface area contributed by atoms with E-state index in [2.05, 4.69) is 4.98 Å². The van der Waals surface area contributed by atoms with Crippen molar-refractivity contribution in [1.29, 1.82) is 0 Å². The van der Waals surface area contributed by atoms with Crippen LogP contribution in [0.4, 0.5) is 4.39 Å². The summed E-state index contributed by atoms with van der Waals surface area (Å²) in [5, 5.41) is 0. The number of esters is 1. The van der Waals surface area contributed by atoms with Crippen LogP contribution in [0.1, 0.15) is 24.7 Å². The highest BCUT2D eigenvalue weighted by Gasteiger charge is 2.20. The Labute approximate surface area is 191 Å². The SMILES string of the molecule is CCCn1c(COC(=O)CSCc2ccc(F)cc2)nc2cc(S(=O)(=O)N(C)C)ccc21. The van der Waals surface area contributed by atoms with E-state index in [1.165, 1.54) is 38.0 Å². The number of ether oxygens (including phenoxy) is 1. The smallest absolute Gasteiger partial charge is 0.316 e. The average molecular weight is 480 g/mol. The van der Waals surface area contributed by atoms with Gasteiger partial charge in [0.05, 0.1) is 21.7 Å². The third-order valence-corrected chi connectivity index (χ3v) is 7.58. The minimum Gasteiger partial charge on any atom is -0.457 e. The quantitative estimate of drug-likeness (QED) is 0.411. The highest BCUT2D eigenvalue weighted by Crippen LogP contribution is 2.23. The molecule has 1 aromatic heterocycles. The second-order valence-electron chi connectivity index (χ2n) is 7.40. The lowest BCUT2D eigenvalue weighted by atomic mass is 10.2. The first-order valence-electron chi connectivity index (χ1n) is 10.1. The number of nitrogens with zero attached hydrogens (tertiary/aromatic N) is 3. The summed E-state index contributed by atoms with van der Waals surface area (Å²) in [6.45, 7) is 2.70. The van der Waals surface area contributed by atoms with Crippen LogP contribution in [-0.4, -0.2) is 48.1 Å².